The summed E-state index contributed by atoms with van der Waals surface area (Å²) >= 11 is 0. The van der Waals surface area contributed by atoms with E-state index in [1.54, 1.807) is 13.8 Å². The van der Waals surface area contributed by atoms with Crippen molar-refractivity contribution in [2.45, 2.75) is 111 Å². The summed E-state index contributed by atoms with van der Waals surface area (Å²) in [5.41, 5.74) is -1.15. The lowest BCUT2D eigenvalue weighted by molar-refractivity contribution is -0.175. The average molecular weight is 357 g/mol. The quantitative estimate of drug-likeness (QED) is 0.211. The van der Waals surface area contributed by atoms with Crippen LogP contribution in [0, 0.1) is 5.41 Å². The van der Waals surface area contributed by atoms with Crippen molar-refractivity contribution in [3.8, 4) is 0 Å². The average Bonchev–Trinajstić information content (AvgIpc) is 2.57. The highest BCUT2D eigenvalue weighted by Gasteiger charge is 2.46. The van der Waals surface area contributed by atoms with E-state index in [0.29, 0.717) is 19.4 Å². The Labute approximate surface area is 155 Å². The zero-order valence-electron chi connectivity index (χ0n) is 17.2. The summed E-state index contributed by atoms with van der Waals surface area (Å²) in [7, 11) is 0. The van der Waals surface area contributed by atoms with Crippen LogP contribution < -0.4 is 0 Å². The summed E-state index contributed by atoms with van der Waals surface area (Å²) in [5, 5.41) is 0. The van der Waals surface area contributed by atoms with Gasteiger partial charge in [-0.3, -0.25) is 9.59 Å². The molecule has 0 aromatic carbocycles. The van der Waals surface area contributed by atoms with Gasteiger partial charge in [0, 0.05) is 0 Å². The highest BCUT2D eigenvalue weighted by Crippen LogP contribution is 2.30. The van der Waals surface area contributed by atoms with Gasteiger partial charge in [0.25, 0.3) is 0 Å². The number of carbonyl (C=O) groups is 2. The van der Waals surface area contributed by atoms with Gasteiger partial charge in [0.2, 0.25) is 0 Å². The number of hydrogen-bond acceptors (Lipinski definition) is 4. The van der Waals surface area contributed by atoms with Gasteiger partial charge >= 0.3 is 11.9 Å². The molecule has 4 nitrogen and oxygen atoms in total. The predicted molar refractivity (Wildman–Crippen MR) is 102 cm³/mol. The molecule has 0 aliphatic rings. The van der Waals surface area contributed by atoms with Crippen molar-refractivity contribution in [1.29, 1.82) is 0 Å². The van der Waals surface area contributed by atoms with Crippen molar-refractivity contribution in [2.75, 3.05) is 6.61 Å². The van der Waals surface area contributed by atoms with E-state index in [2.05, 4.69) is 6.92 Å². The van der Waals surface area contributed by atoms with Gasteiger partial charge in [0.1, 0.15) is 0 Å². The lowest BCUT2D eigenvalue weighted by Crippen LogP contribution is -2.42. The molecule has 0 aromatic heterocycles. The van der Waals surface area contributed by atoms with Gasteiger partial charge < -0.3 is 9.47 Å². The van der Waals surface area contributed by atoms with Crippen LogP contribution in [0.5, 0.6) is 0 Å². The Morgan fingerprint density at radius 3 is 1.68 bits per heavy atom. The summed E-state index contributed by atoms with van der Waals surface area (Å²) in [5.74, 6) is -0.882. The molecule has 0 aliphatic heterocycles. The van der Waals surface area contributed by atoms with Gasteiger partial charge in [0.05, 0.1) is 12.7 Å². The molecule has 0 saturated heterocycles. The van der Waals surface area contributed by atoms with E-state index in [-0.39, 0.29) is 6.10 Å². The Balaban J connectivity index is 4.06. The Bertz CT molecular complexity index is 359. The van der Waals surface area contributed by atoms with Crippen molar-refractivity contribution >= 4 is 11.9 Å². The first-order valence-electron chi connectivity index (χ1n) is 10.3. The minimum atomic E-state index is -1.15. The molecule has 0 unspecified atom stereocenters. The maximum absolute atomic E-state index is 12.5. The summed E-state index contributed by atoms with van der Waals surface area (Å²) < 4.78 is 10.7. The smallest absolute Gasteiger partial charge is 0.323 e. The number of rotatable bonds is 15. The van der Waals surface area contributed by atoms with Crippen LogP contribution in [0.15, 0.2) is 0 Å². The van der Waals surface area contributed by atoms with Crippen molar-refractivity contribution in [3.63, 3.8) is 0 Å². The zero-order chi connectivity index (χ0) is 19.1. The minimum Gasteiger partial charge on any atom is -0.465 e. The molecule has 0 radical (unpaired) electrons. The molecule has 0 rings (SSSR count). The first kappa shape index (κ1) is 23.9. The second-order valence-electron chi connectivity index (χ2n) is 7.21. The third kappa shape index (κ3) is 9.27. The molecule has 0 amide bonds. The standard InChI is InChI=1S/C21H40O4/c1-6-9-10-11-12-13-14-15-16-17-24-19(22)21(7-2,8-3)20(23)25-18(4)5/h18H,6-17H2,1-5H3. The first-order valence-corrected chi connectivity index (χ1v) is 10.3. The van der Waals surface area contributed by atoms with E-state index in [1.165, 1.54) is 44.9 Å². The molecular weight excluding hydrogens is 316 g/mol. The third-order valence-electron chi connectivity index (χ3n) is 4.81. The van der Waals surface area contributed by atoms with Crippen molar-refractivity contribution < 1.29 is 19.1 Å². The van der Waals surface area contributed by atoms with Crippen LogP contribution in [0.2, 0.25) is 0 Å². The fourth-order valence-corrected chi connectivity index (χ4v) is 2.95. The van der Waals surface area contributed by atoms with Crippen LogP contribution in [0.1, 0.15) is 105 Å². The van der Waals surface area contributed by atoms with Crippen LogP contribution in [0.4, 0.5) is 0 Å². The van der Waals surface area contributed by atoms with Crippen LogP contribution in [-0.4, -0.2) is 24.6 Å². The molecule has 0 fully saturated rings. The molecule has 0 N–H and O–H groups in total. The maximum Gasteiger partial charge on any atom is 0.323 e. The molecule has 0 heterocycles. The van der Waals surface area contributed by atoms with E-state index in [4.69, 9.17) is 9.47 Å². The molecule has 0 spiro atoms. The fraction of sp³-hybridized carbons (Fsp3) is 0.905. The van der Waals surface area contributed by atoms with Crippen molar-refractivity contribution in [3.05, 3.63) is 0 Å². The number of carbonyl (C=O) groups excluding carboxylic acids is 2. The molecule has 0 atom stereocenters. The number of esters is 2. The largest absolute Gasteiger partial charge is 0.465 e. The number of ether oxygens (including phenoxy) is 2. The Morgan fingerprint density at radius 1 is 0.760 bits per heavy atom. The Kier molecular flexibility index (Phi) is 13.5. The van der Waals surface area contributed by atoms with Crippen molar-refractivity contribution in [1.82, 2.24) is 0 Å². The molecular formula is C21H40O4. The first-order chi connectivity index (χ1) is 11.9. The fourth-order valence-electron chi connectivity index (χ4n) is 2.95. The molecule has 4 heteroatoms. The number of unbranched alkanes of at least 4 members (excludes halogenated alkanes) is 8. The van der Waals surface area contributed by atoms with Crippen LogP contribution in [0.3, 0.4) is 0 Å². The van der Waals surface area contributed by atoms with Crippen molar-refractivity contribution in [2.24, 2.45) is 5.41 Å². The minimum absolute atomic E-state index is 0.227. The SMILES string of the molecule is CCCCCCCCCCCOC(=O)C(CC)(CC)C(=O)OC(C)C. The molecule has 148 valence electrons. The van der Waals surface area contributed by atoms with Gasteiger partial charge in [0.15, 0.2) is 5.41 Å². The summed E-state index contributed by atoms with van der Waals surface area (Å²) in [4.78, 5) is 24.8. The second kappa shape index (κ2) is 14.1. The summed E-state index contributed by atoms with van der Waals surface area (Å²) in [6, 6.07) is 0. The Hall–Kier alpha value is -1.06. The van der Waals surface area contributed by atoms with Gasteiger partial charge in [-0.15, -0.1) is 0 Å². The lowest BCUT2D eigenvalue weighted by Gasteiger charge is -2.27. The molecule has 0 aromatic rings. The van der Waals surface area contributed by atoms with Gasteiger partial charge in [-0.1, -0.05) is 72.1 Å². The van der Waals surface area contributed by atoms with E-state index >= 15 is 0 Å². The normalized spacial score (nSPS) is 11.6. The van der Waals surface area contributed by atoms with E-state index in [1.807, 2.05) is 13.8 Å². The van der Waals surface area contributed by atoms with Gasteiger partial charge in [-0.05, 0) is 33.1 Å². The Morgan fingerprint density at radius 2 is 1.24 bits per heavy atom. The van der Waals surface area contributed by atoms with E-state index in [0.717, 1.165) is 12.8 Å². The third-order valence-corrected chi connectivity index (χ3v) is 4.81. The lowest BCUT2D eigenvalue weighted by atomic mass is 9.82. The van der Waals surface area contributed by atoms with Crippen LogP contribution >= 0.6 is 0 Å². The maximum atomic E-state index is 12.5. The molecule has 0 aliphatic carbocycles. The zero-order valence-corrected chi connectivity index (χ0v) is 17.2. The van der Waals surface area contributed by atoms with E-state index in [9.17, 15) is 9.59 Å². The summed E-state index contributed by atoms with van der Waals surface area (Å²) in [6.45, 7) is 9.89. The van der Waals surface area contributed by atoms with Gasteiger partial charge in [-0.2, -0.15) is 0 Å². The number of hydrogen-bond donors (Lipinski definition) is 0. The molecule has 0 bridgehead atoms. The monoisotopic (exact) mass is 356 g/mol. The highest BCUT2D eigenvalue weighted by atomic mass is 16.6. The van der Waals surface area contributed by atoms with Crippen LogP contribution in [-0.2, 0) is 19.1 Å². The van der Waals surface area contributed by atoms with Gasteiger partial charge in [-0.25, -0.2) is 0 Å². The summed E-state index contributed by atoms with van der Waals surface area (Å²) in [6.07, 6.45) is 11.6. The second-order valence-corrected chi connectivity index (χ2v) is 7.21. The topological polar surface area (TPSA) is 52.6 Å². The molecule has 25 heavy (non-hydrogen) atoms. The van der Waals surface area contributed by atoms with Crippen LogP contribution in [0.25, 0.3) is 0 Å². The predicted octanol–water partition coefficient (Wildman–Crippen LogP) is 5.82. The highest BCUT2D eigenvalue weighted by molar-refractivity contribution is 6.00. The molecule has 0 saturated carbocycles. The van der Waals surface area contributed by atoms with E-state index < -0.39 is 17.4 Å².